The smallest absolute Gasteiger partial charge is 0.317 e. The maximum absolute atomic E-state index is 12.3. The van der Waals surface area contributed by atoms with E-state index < -0.39 is 0 Å². The van der Waals surface area contributed by atoms with Crippen molar-refractivity contribution in [3.8, 4) is 0 Å². The molecule has 1 aliphatic carbocycles. The Hall–Kier alpha value is -1.75. The predicted octanol–water partition coefficient (Wildman–Crippen LogP) is 2.54. The van der Waals surface area contributed by atoms with Crippen molar-refractivity contribution in [3.05, 3.63) is 34.9 Å². The van der Waals surface area contributed by atoms with Crippen LogP contribution in [0.1, 0.15) is 24.8 Å². The fraction of sp³-hybridized carbons (Fsp3) is 0.556. The quantitative estimate of drug-likeness (QED) is 0.908. The second kappa shape index (κ2) is 7.88. The Morgan fingerprint density at radius 2 is 1.88 bits per heavy atom. The molecule has 5 nitrogen and oxygen atoms in total. The van der Waals surface area contributed by atoms with Gasteiger partial charge in [0.05, 0.1) is 0 Å². The van der Waals surface area contributed by atoms with Crippen LogP contribution in [0.3, 0.4) is 0 Å². The largest absolute Gasteiger partial charge is 0.341 e. The van der Waals surface area contributed by atoms with E-state index in [0.29, 0.717) is 31.2 Å². The molecular formula is C18H24ClN3O2. The molecule has 0 radical (unpaired) electrons. The third-order valence-electron chi connectivity index (χ3n) is 4.60. The number of amides is 3. The molecule has 0 bridgehead atoms. The van der Waals surface area contributed by atoms with Gasteiger partial charge in [-0.1, -0.05) is 23.7 Å². The van der Waals surface area contributed by atoms with Crippen molar-refractivity contribution in [1.29, 1.82) is 0 Å². The van der Waals surface area contributed by atoms with Gasteiger partial charge in [0.15, 0.2) is 0 Å². The zero-order valence-electron chi connectivity index (χ0n) is 13.8. The number of hydrogen-bond acceptors (Lipinski definition) is 2. The van der Waals surface area contributed by atoms with Crippen molar-refractivity contribution < 1.29 is 9.59 Å². The molecule has 6 heteroatoms. The SMILES string of the molecule is O=C(NCCc1cccc(Cl)c1)N1CCCN(C(=O)C2CC2)CC1. The second-order valence-corrected chi connectivity index (χ2v) is 6.99. The van der Waals surface area contributed by atoms with Gasteiger partial charge in [0.1, 0.15) is 0 Å². The van der Waals surface area contributed by atoms with Gasteiger partial charge < -0.3 is 15.1 Å². The van der Waals surface area contributed by atoms with Crippen LogP contribution in [-0.4, -0.2) is 54.5 Å². The average molecular weight is 350 g/mol. The maximum atomic E-state index is 12.3. The molecule has 24 heavy (non-hydrogen) atoms. The highest BCUT2D eigenvalue weighted by Gasteiger charge is 2.34. The summed E-state index contributed by atoms with van der Waals surface area (Å²) in [6.45, 7) is 3.32. The van der Waals surface area contributed by atoms with Gasteiger partial charge in [0.2, 0.25) is 5.91 Å². The number of hydrogen-bond donors (Lipinski definition) is 1. The topological polar surface area (TPSA) is 52.7 Å². The Kier molecular flexibility index (Phi) is 5.61. The molecule has 1 aliphatic heterocycles. The highest BCUT2D eigenvalue weighted by Crippen LogP contribution is 2.31. The lowest BCUT2D eigenvalue weighted by molar-refractivity contribution is -0.132. The van der Waals surface area contributed by atoms with Gasteiger partial charge in [0, 0.05) is 43.7 Å². The molecule has 0 unspecified atom stereocenters. The number of nitrogens with one attached hydrogen (secondary N) is 1. The number of carbonyl (C=O) groups is 2. The first-order chi connectivity index (χ1) is 11.6. The van der Waals surface area contributed by atoms with Crippen molar-refractivity contribution >= 4 is 23.5 Å². The third-order valence-corrected chi connectivity index (χ3v) is 4.84. The minimum atomic E-state index is -0.0438. The zero-order chi connectivity index (χ0) is 16.9. The summed E-state index contributed by atoms with van der Waals surface area (Å²) in [5.41, 5.74) is 1.11. The summed E-state index contributed by atoms with van der Waals surface area (Å²) in [7, 11) is 0. The zero-order valence-corrected chi connectivity index (χ0v) is 14.6. The molecule has 0 atom stereocenters. The van der Waals surface area contributed by atoms with Gasteiger partial charge in [0.25, 0.3) is 0 Å². The summed E-state index contributed by atoms with van der Waals surface area (Å²) in [4.78, 5) is 28.2. The Bertz CT molecular complexity index is 604. The van der Waals surface area contributed by atoms with Crippen LogP contribution in [0, 0.1) is 5.92 Å². The normalized spacial score (nSPS) is 18.2. The first kappa shape index (κ1) is 17.1. The van der Waals surface area contributed by atoms with E-state index in [4.69, 9.17) is 11.6 Å². The van der Waals surface area contributed by atoms with Gasteiger partial charge in [-0.15, -0.1) is 0 Å². The summed E-state index contributed by atoms with van der Waals surface area (Å²) in [6, 6.07) is 7.64. The van der Waals surface area contributed by atoms with Crippen LogP contribution < -0.4 is 5.32 Å². The lowest BCUT2D eigenvalue weighted by atomic mass is 10.1. The van der Waals surface area contributed by atoms with Crippen LogP contribution in [0.2, 0.25) is 5.02 Å². The molecule has 1 aromatic carbocycles. The van der Waals surface area contributed by atoms with Crippen LogP contribution in [0.5, 0.6) is 0 Å². The monoisotopic (exact) mass is 349 g/mol. The van der Waals surface area contributed by atoms with Crippen LogP contribution >= 0.6 is 11.6 Å². The minimum Gasteiger partial charge on any atom is -0.341 e. The molecule has 3 amide bonds. The van der Waals surface area contributed by atoms with Crippen LogP contribution in [-0.2, 0) is 11.2 Å². The molecule has 130 valence electrons. The molecule has 2 fully saturated rings. The standard InChI is InChI=1S/C18H24ClN3O2/c19-16-4-1-3-14(13-16)7-8-20-18(24)22-10-2-9-21(11-12-22)17(23)15-5-6-15/h1,3-4,13,15H,2,5-12H2,(H,20,24). The molecule has 1 saturated carbocycles. The van der Waals surface area contributed by atoms with Crippen molar-refractivity contribution in [2.75, 3.05) is 32.7 Å². The van der Waals surface area contributed by atoms with E-state index in [1.54, 1.807) is 0 Å². The summed E-state index contributed by atoms with van der Waals surface area (Å²) in [6.07, 6.45) is 3.67. The lowest BCUT2D eigenvalue weighted by Gasteiger charge is -2.22. The average Bonchev–Trinajstić information content (AvgIpc) is 3.41. The van der Waals surface area contributed by atoms with Crippen molar-refractivity contribution in [3.63, 3.8) is 0 Å². The second-order valence-electron chi connectivity index (χ2n) is 6.55. The highest BCUT2D eigenvalue weighted by atomic mass is 35.5. The summed E-state index contributed by atoms with van der Waals surface area (Å²) in [5.74, 6) is 0.529. The number of carbonyl (C=O) groups excluding carboxylic acids is 2. The molecule has 0 aromatic heterocycles. The van der Waals surface area contributed by atoms with Gasteiger partial charge in [-0.2, -0.15) is 0 Å². The van der Waals surface area contributed by atoms with Crippen LogP contribution in [0.4, 0.5) is 4.79 Å². The van der Waals surface area contributed by atoms with E-state index in [0.717, 1.165) is 37.8 Å². The van der Waals surface area contributed by atoms with E-state index in [9.17, 15) is 9.59 Å². The minimum absolute atomic E-state index is 0.0438. The fourth-order valence-electron chi connectivity index (χ4n) is 3.05. The summed E-state index contributed by atoms with van der Waals surface area (Å²) in [5, 5.41) is 3.68. The van der Waals surface area contributed by atoms with E-state index >= 15 is 0 Å². The molecular weight excluding hydrogens is 326 g/mol. The van der Waals surface area contributed by atoms with Crippen molar-refractivity contribution in [2.24, 2.45) is 5.92 Å². The molecule has 2 aliphatic rings. The molecule has 1 saturated heterocycles. The van der Waals surface area contributed by atoms with Crippen LogP contribution in [0.15, 0.2) is 24.3 Å². The van der Waals surface area contributed by atoms with Crippen molar-refractivity contribution in [1.82, 2.24) is 15.1 Å². The van der Waals surface area contributed by atoms with Crippen LogP contribution in [0.25, 0.3) is 0 Å². The number of rotatable bonds is 4. The van der Waals surface area contributed by atoms with E-state index in [2.05, 4.69) is 5.32 Å². The Morgan fingerprint density at radius 1 is 1.12 bits per heavy atom. The molecule has 3 rings (SSSR count). The lowest BCUT2D eigenvalue weighted by Crippen LogP contribution is -2.43. The van der Waals surface area contributed by atoms with E-state index in [-0.39, 0.29) is 17.9 Å². The van der Waals surface area contributed by atoms with Gasteiger partial charge in [-0.25, -0.2) is 4.79 Å². The Labute approximate surface area is 147 Å². The first-order valence-electron chi connectivity index (χ1n) is 8.69. The Balaban J connectivity index is 1.42. The van der Waals surface area contributed by atoms with E-state index in [1.165, 1.54) is 0 Å². The van der Waals surface area contributed by atoms with Gasteiger partial charge in [-0.3, -0.25) is 4.79 Å². The summed E-state index contributed by atoms with van der Waals surface area (Å²) < 4.78 is 0. The highest BCUT2D eigenvalue weighted by molar-refractivity contribution is 6.30. The fourth-order valence-corrected chi connectivity index (χ4v) is 3.26. The number of benzene rings is 1. The molecule has 1 heterocycles. The molecule has 1 aromatic rings. The molecule has 1 N–H and O–H groups in total. The number of halogens is 1. The van der Waals surface area contributed by atoms with Gasteiger partial charge in [-0.05, 0) is 43.4 Å². The number of nitrogens with zero attached hydrogens (tertiary/aromatic N) is 2. The third kappa shape index (κ3) is 4.63. The van der Waals surface area contributed by atoms with E-state index in [1.807, 2.05) is 34.1 Å². The predicted molar refractivity (Wildman–Crippen MR) is 94.0 cm³/mol. The first-order valence-corrected chi connectivity index (χ1v) is 9.07. The summed E-state index contributed by atoms with van der Waals surface area (Å²) >= 11 is 5.96. The van der Waals surface area contributed by atoms with Gasteiger partial charge >= 0.3 is 6.03 Å². The van der Waals surface area contributed by atoms with Crippen molar-refractivity contribution in [2.45, 2.75) is 25.7 Å². The maximum Gasteiger partial charge on any atom is 0.317 e. The Morgan fingerprint density at radius 3 is 2.62 bits per heavy atom. The number of urea groups is 1. The molecule has 0 spiro atoms.